The number of hydrogen-bond donors (Lipinski definition) is 0. The summed E-state index contributed by atoms with van der Waals surface area (Å²) in [4.78, 5) is 24.5. The fourth-order valence-corrected chi connectivity index (χ4v) is 2.08. The number of esters is 1. The summed E-state index contributed by atoms with van der Waals surface area (Å²) in [6, 6.07) is 1.72. The van der Waals surface area contributed by atoms with Crippen LogP contribution in [0, 0.1) is 12.3 Å². The molecule has 0 N–H and O–H groups in total. The first kappa shape index (κ1) is 13.2. The second kappa shape index (κ2) is 6.07. The molecule has 0 amide bonds. The van der Waals surface area contributed by atoms with Crippen LogP contribution in [0.5, 0.6) is 0 Å². The maximum atomic E-state index is 11.8. The van der Waals surface area contributed by atoms with E-state index in [1.54, 1.807) is 25.4 Å². The molecule has 1 unspecified atom stereocenters. The van der Waals surface area contributed by atoms with Gasteiger partial charge in [0.2, 0.25) is 0 Å². The molecule has 2 aromatic rings. The van der Waals surface area contributed by atoms with Crippen LogP contribution in [0.2, 0.25) is 0 Å². The third-order valence-corrected chi connectivity index (χ3v) is 3.15. The van der Waals surface area contributed by atoms with E-state index in [4.69, 9.17) is 11.2 Å². The zero-order valence-corrected chi connectivity index (χ0v) is 11.1. The van der Waals surface area contributed by atoms with Crippen molar-refractivity contribution in [1.29, 1.82) is 0 Å². The lowest BCUT2D eigenvalue weighted by molar-refractivity contribution is 0.0357. The molecule has 5 nitrogen and oxygen atoms in total. The molecule has 2 heterocycles. The minimum atomic E-state index is -0.428. The number of terminal acetylenes is 1. The summed E-state index contributed by atoms with van der Waals surface area (Å²) in [7, 11) is 0. The molecule has 1 atom stereocenters. The van der Waals surface area contributed by atoms with Gasteiger partial charge in [-0.3, -0.25) is 0 Å². The zero-order chi connectivity index (χ0) is 13.7. The van der Waals surface area contributed by atoms with Crippen LogP contribution in [-0.2, 0) is 4.74 Å². The van der Waals surface area contributed by atoms with Gasteiger partial charge >= 0.3 is 5.97 Å². The van der Waals surface area contributed by atoms with E-state index in [2.05, 4.69) is 20.9 Å². The van der Waals surface area contributed by atoms with E-state index in [0.29, 0.717) is 22.1 Å². The largest absolute Gasteiger partial charge is 0.457 e. The Morgan fingerprint density at radius 3 is 2.89 bits per heavy atom. The average Bonchev–Trinajstić information content (AvgIpc) is 2.89. The van der Waals surface area contributed by atoms with E-state index in [-0.39, 0.29) is 6.10 Å². The molecule has 96 valence electrons. The molecule has 0 fully saturated rings. The molecule has 2 aromatic heterocycles. The fraction of sp³-hybridized carbons (Fsp3) is 0.231. The number of ether oxygens (including phenoxy) is 1. The van der Waals surface area contributed by atoms with Gasteiger partial charge in [0.25, 0.3) is 0 Å². The number of nitrogens with zero attached hydrogens (tertiary/aromatic N) is 3. The van der Waals surface area contributed by atoms with Crippen LogP contribution in [0.3, 0.4) is 0 Å². The van der Waals surface area contributed by atoms with Gasteiger partial charge in [-0.05, 0) is 13.0 Å². The molecule has 0 aromatic carbocycles. The van der Waals surface area contributed by atoms with Crippen LogP contribution in [0.15, 0.2) is 24.7 Å². The van der Waals surface area contributed by atoms with Crippen LogP contribution < -0.4 is 0 Å². The summed E-state index contributed by atoms with van der Waals surface area (Å²) >= 11 is 1.19. The smallest absolute Gasteiger partial charge is 0.350 e. The van der Waals surface area contributed by atoms with Gasteiger partial charge in [0.1, 0.15) is 11.0 Å². The van der Waals surface area contributed by atoms with Gasteiger partial charge in [-0.25, -0.2) is 19.7 Å². The van der Waals surface area contributed by atoms with Crippen molar-refractivity contribution in [3.05, 3.63) is 29.5 Å². The first-order valence-corrected chi connectivity index (χ1v) is 6.40. The van der Waals surface area contributed by atoms with Crippen molar-refractivity contribution in [2.45, 2.75) is 19.4 Å². The predicted molar refractivity (Wildman–Crippen MR) is 71.5 cm³/mol. The second-order valence-corrected chi connectivity index (χ2v) is 4.76. The van der Waals surface area contributed by atoms with Crippen LogP contribution in [0.25, 0.3) is 10.8 Å². The molecular formula is C13H11N3O2S. The van der Waals surface area contributed by atoms with Crippen molar-refractivity contribution in [3.63, 3.8) is 0 Å². The van der Waals surface area contributed by atoms with Crippen molar-refractivity contribution in [1.82, 2.24) is 15.0 Å². The molecule has 0 aliphatic heterocycles. The third-order valence-electron chi connectivity index (χ3n) is 2.18. The van der Waals surface area contributed by atoms with Gasteiger partial charge in [-0.15, -0.1) is 23.7 Å². The number of thiazole rings is 1. The van der Waals surface area contributed by atoms with Crippen LogP contribution >= 0.6 is 11.3 Å². The molecule has 19 heavy (non-hydrogen) atoms. The SMILES string of the molecule is C#CCC(C)OC(=O)c1cnc(-c2ncccn2)s1. The summed E-state index contributed by atoms with van der Waals surface area (Å²) in [5.74, 6) is 2.51. The lowest BCUT2D eigenvalue weighted by Gasteiger charge is -2.08. The van der Waals surface area contributed by atoms with Gasteiger partial charge in [0.05, 0.1) is 6.20 Å². The molecular weight excluding hydrogens is 262 g/mol. The molecule has 0 aliphatic rings. The summed E-state index contributed by atoms with van der Waals surface area (Å²) in [5, 5.41) is 0.581. The van der Waals surface area contributed by atoms with Crippen molar-refractivity contribution >= 4 is 17.3 Å². The van der Waals surface area contributed by atoms with E-state index in [1.165, 1.54) is 17.5 Å². The summed E-state index contributed by atoms with van der Waals surface area (Å²) < 4.78 is 5.17. The van der Waals surface area contributed by atoms with Crippen molar-refractivity contribution in [2.75, 3.05) is 0 Å². The Hall–Kier alpha value is -2.26. The van der Waals surface area contributed by atoms with Crippen molar-refractivity contribution in [2.24, 2.45) is 0 Å². The highest BCUT2D eigenvalue weighted by atomic mass is 32.1. The minimum Gasteiger partial charge on any atom is -0.457 e. The van der Waals surface area contributed by atoms with E-state index >= 15 is 0 Å². The highest BCUT2D eigenvalue weighted by molar-refractivity contribution is 7.16. The molecule has 0 saturated carbocycles. The van der Waals surface area contributed by atoms with E-state index < -0.39 is 5.97 Å². The Labute approximate surface area is 114 Å². The van der Waals surface area contributed by atoms with Gasteiger partial charge < -0.3 is 4.74 Å². The number of carbonyl (C=O) groups is 1. The molecule has 6 heteroatoms. The third kappa shape index (κ3) is 3.36. The second-order valence-electron chi connectivity index (χ2n) is 3.73. The Morgan fingerprint density at radius 1 is 1.47 bits per heavy atom. The monoisotopic (exact) mass is 273 g/mol. The van der Waals surface area contributed by atoms with Gasteiger partial charge in [0.15, 0.2) is 10.8 Å². The number of rotatable bonds is 4. The molecule has 0 spiro atoms. The van der Waals surface area contributed by atoms with E-state index in [9.17, 15) is 4.79 Å². The lowest BCUT2D eigenvalue weighted by Crippen LogP contribution is -2.13. The standard InChI is InChI=1S/C13H11N3O2S/c1-3-5-9(2)18-13(17)10-8-16-12(19-10)11-14-6-4-7-15-11/h1,4,6-9H,5H2,2H3. The quantitative estimate of drug-likeness (QED) is 0.631. The average molecular weight is 273 g/mol. The topological polar surface area (TPSA) is 65.0 Å². The molecule has 0 bridgehead atoms. The van der Waals surface area contributed by atoms with Crippen LogP contribution in [-0.4, -0.2) is 27.0 Å². The molecule has 0 saturated heterocycles. The molecule has 0 aliphatic carbocycles. The number of carbonyl (C=O) groups excluding carboxylic acids is 1. The first-order valence-electron chi connectivity index (χ1n) is 5.58. The molecule has 0 radical (unpaired) electrons. The number of hydrogen-bond acceptors (Lipinski definition) is 6. The summed E-state index contributed by atoms with van der Waals surface area (Å²) in [6.07, 6.45) is 9.94. The highest BCUT2D eigenvalue weighted by Crippen LogP contribution is 2.22. The summed E-state index contributed by atoms with van der Waals surface area (Å²) in [6.45, 7) is 1.75. The zero-order valence-electron chi connectivity index (χ0n) is 10.2. The number of aromatic nitrogens is 3. The van der Waals surface area contributed by atoms with Gasteiger partial charge in [0, 0.05) is 18.8 Å². The molecule has 2 rings (SSSR count). The van der Waals surface area contributed by atoms with Crippen LogP contribution in [0.1, 0.15) is 23.0 Å². The minimum absolute atomic E-state index is 0.309. The van der Waals surface area contributed by atoms with E-state index in [0.717, 1.165) is 0 Å². The maximum Gasteiger partial charge on any atom is 0.350 e. The van der Waals surface area contributed by atoms with Crippen molar-refractivity contribution < 1.29 is 9.53 Å². The maximum absolute atomic E-state index is 11.8. The Bertz CT molecular complexity index is 604. The fourth-order valence-electron chi connectivity index (χ4n) is 1.33. The first-order chi connectivity index (χ1) is 9.20. The highest BCUT2D eigenvalue weighted by Gasteiger charge is 2.16. The normalized spacial score (nSPS) is 11.6. The summed E-state index contributed by atoms with van der Waals surface area (Å²) in [5.41, 5.74) is 0. The van der Waals surface area contributed by atoms with Crippen molar-refractivity contribution in [3.8, 4) is 23.2 Å². The van der Waals surface area contributed by atoms with Gasteiger partial charge in [-0.2, -0.15) is 0 Å². The Balaban J connectivity index is 2.09. The Morgan fingerprint density at radius 2 is 2.21 bits per heavy atom. The Kier molecular flexibility index (Phi) is 4.21. The predicted octanol–water partition coefficient (Wildman–Crippen LogP) is 2.17. The van der Waals surface area contributed by atoms with E-state index in [1.807, 2.05) is 0 Å². The van der Waals surface area contributed by atoms with Gasteiger partial charge in [-0.1, -0.05) is 0 Å². The lowest BCUT2D eigenvalue weighted by atomic mass is 10.3. The van der Waals surface area contributed by atoms with Crippen LogP contribution in [0.4, 0.5) is 0 Å².